The molecule has 0 unspecified atom stereocenters. The van der Waals surface area contributed by atoms with Gasteiger partial charge in [0, 0.05) is 16.9 Å². The van der Waals surface area contributed by atoms with Crippen molar-refractivity contribution in [1.82, 2.24) is 10.3 Å². The zero-order valence-corrected chi connectivity index (χ0v) is 13.1. The maximum absolute atomic E-state index is 5.84. The summed E-state index contributed by atoms with van der Waals surface area (Å²) in [4.78, 5) is 4.54. The van der Waals surface area contributed by atoms with E-state index in [0.717, 1.165) is 40.8 Å². The van der Waals surface area contributed by atoms with Crippen molar-refractivity contribution in [2.75, 3.05) is 6.54 Å². The number of halogens is 1. The highest BCUT2D eigenvalue weighted by Crippen LogP contribution is 2.13. The fraction of sp³-hybridized carbons (Fsp3) is 0.400. The van der Waals surface area contributed by atoms with Gasteiger partial charge in [-0.1, -0.05) is 30.7 Å². The fourth-order valence-electron chi connectivity index (χ4n) is 1.72. The van der Waals surface area contributed by atoms with Crippen LogP contribution in [0.3, 0.4) is 0 Å². The predicted molar refractivity (Wildman–Crippen MR) is 84.1 cm³/mol. The molecule has 108 valence electrons. The van der Waals surface area contributed by atoms with Crippen LogP contribution in [0.5, 0.6) is 0 Å². The zero-order chi connectivity index (χ0) is 14.2. The average Bonchev–Trinajstić information content (AvgIpc) is 2.89. The molecule has 3 nitrogen and oxygen atoms in total. The number of aromatic nitrogens is 1. The van der Waals surface area contributed by atoms with E-state index in [0.29, 0.717) is 13.2 Å². The summed E-state index contributed by atoms with van der Waals surface area (Å²) < 4.78 is 5.67. The van der Waals surface area contributed by atoms with Crippen molar-refractivity contribution in [3.05, 3.63) is 50.9 Å². The van der Waals surface area contributed by atoms with Crippen molar-refractivity contribution >= 4 is 22.9 Å². The lowest BCUT2D eigenvalue weighted by atomic mass is 10.2. The van der Waals surface area contributed by atoms with Crippen LogP contribution in [0.2, 0.25) is 5.02 Å². The minimum absolute atomic E-state index is 0.549. The van der Waals surface area contributed by atoms with Gasteiger partial charge in [0.05, 0.1) is 18.9 Å². The summed E-state index contributed by atoms with van der Waals surface area (Å²) in [7, 11) is 0. The highest BCUT2D eigenvalue weighted by atomic mass is 35.5. The molecule has 2 aromatic rings. The molecular formula is C15H19ClN2OS. The molecule has 0 bridgehead atoms. The minimum atomic E-state index is 0.549. The highest BCUT2D eigenvalue weighted by Gasteiger charge is 2.02. The Kier molecular flexibility index (Phi) is 6.47. The van der Waals surface area contributed by atoms with Gasteiger partial charge < -0.3 is 10.1 Å². The Labute approximate surface area is 129 Å². The number of ether oxygens (including phenoxy) is 1. The summed E-state index contributed by atoms with van der Waals surface area (Å²) in [5, 5.41) is 7.27. The van der Waals surface area contributed by atoms with Crippen LogP contribution in [-0.4, -0.2) is 11.5 Å². The molecule has 1 N–H and O–H groups in total. The molecule has 0 aliphatic rings. The molecule has 0 amide bonds. The normalized spacial score (nSPS) is 10.9. The van der Waals surface area contributed by atoms with Crippen molar-refractivity contribution in [2.45, 2.75) is 33.1 Å². The van der Waals surface area contributed by atoms with Gasteiger partial charge in [0.2, 0.25) is 0 Å². The van der Waals surface area contributed by atoms with Gasteiger partial charge in [-0.3, -0.25) is 0 Å². The molecule has 5 heteroatoms. The van der Waals surface area contributed by atoms with Crippen LogP contribution in [0.4, 0.5) is 0 Å². The Balaban J connectivity index is 1.72. The number of nitrogens with one attached hydrogen (secondary N) is 1. The molecule has 2 rings (SSSR count). The fourth-order valence-corrected chi connectivity index (χ4v) is 2.60. The number of hydrogen-bond acceptors (Lipinski definition) is 4. The molecule has 1 aromatic heterocycles. The van der Waals surface area contributed by atoms with E-state index >= 15 is 0 Å². The molecule has 0 fully saturated rings. The molecule has 20 heavy (non-hydrogen) atoms. The highest BCUT2D eigenvalue weighted by molar-refractivity contribution is 7.09. The van der Waals surface area contributed by atoms with Crippen molar-refractivity contribution in [3.63, 3.8) is 0 Å². The Morgan fingerprint density at radius 3 is 2.80 bits per heavy atom. The molecule has 0 saturated carbocycles. The third-order valence-corrected chi connectivity index (χ3v) is 3.88. The lowest BCUT2D eigenvalue weighted by molar-refractivity contribution is 0.105. The first-order valence-electron chi connectivity index (χ1n) is 6.74. The second-order valence-electron chi connectivity index (χ2n) is 4.53. The van der Waals surface area contributed by atoms with Crippen LogP contribution in [0.1, 0.15) is 29.6 Å². The molecular weight excluding hydrogens is 292 g/mol. The molecule has 0 aliphatic heterocycles. The monoisotopic (exact) mass is 310 g/mol. The lowest BCUT2D eigenvalue weighted by Crippen LogP contribution is -2.13. The van der Waals surface area contributed by atoms with E-state index < -0.39 is 0 Å². The maximum Gasteiger partial charge on any atom is 0.107 e. The smallest absolute Gasteiger partial charge is 0.107 e. The Hall–Kier alpha value is -0.940. The topological polar surface area (TPSA) is 34.2 Å². The van der Waals surface area contributed by atoms with Gasteiger partial charge in [0.25, 0.3) is 0 Å². The van der Waals surface area contributed by atoms with E-state index in [1.54, 1.807) is 11.3 Å². The van der Waals surface area contributed by atoms with Crippen LogP contribution in [0.25, 0.3) is 0 Å². The number of hydrogen-bond donors (Lipinski definition) is 1. The summed E-state index contributed by atoms with van der Waals surface area (Å²) in [5.74, 6) is 0. The van der Waals surface area contributed by atoms with Crippen molar-refractivity contribution < 1.29 is 4.74 Å². The van der Waals surface area contributed by atoms with E-state index in [2.05, 4.69) is 22.6 Å². The second-order valence-corrected chi connectivity index (χ2v) is 5.91. The van der Waals surface area contributed by atoms with Gasteiger partial charge in [-0.25, -0.2) is 4.98 Å². The summed E-state index contributed by atoms with van der Waals surface area (Å²) in [6, 6.07) is 7.70. The van der Waals surface area contributed by atoms with E-state index in [4.69, 9.17) is 16.3 Å². The summed E-state index contributed by atoms with van der Waals surface area (Å²) >= 11 is 7.52. The van der Waals surface area contributed by atoms with E-state index in [9.17, 15) is 0 Å². The average molecular weight is 311 g/mol. The summed E-state index contributed by atoms with van der Waals surface area (Å²) in [5.41, 5.74) is 2.12. The van der Waals surface area contributed by atoms with Crippen LogP contribution in [0, 0.1) is 0 Å². The first-order valence-corrected chi connectivity index (χ1v) is 8.00. The number of thiazole rings is 1. The standard InChI is InChI=1S/C15H19ClN2OS/c1-2-7-17-8-15-18-14(11-20-15)10-19-9-12-3-5-13(16)6-4-12/h3-6,11,17H,2,7-10H2,1H3. The van der Waals surface area contributed by atoms with Gasteiger partial charge >= 0.3 is 0 Å². The SMILES string of the molecule is CCCNCc1nc(COCc2ccc(Cl)cc2)cs1. The molecule has 1 heterocycles. The maximum atomic E-state index is 5.84. The van der Waals surface area contributed by atoms with E-state index in [-0.39, 0.29) is 0 Å². The molecule has 0 spiro atoms. The lowest BCUT2D eigenvalue weighted by Gasteiger charge is -2.02. The molecule has 0 saturated heterocycles. The van der Waals surface area contributed by atoms with Crippen LogP contribution < -0.4 is 5.32 Å². The summed E-state index contributed by atoms with van der Waals surface area (Å²) in [6.45, 7) is 5.16. The molecule has 0 radical (unpaired) electrons. The van der Waals surface area contributed by atoms with Crippen LogP contribution >= 0.6 is 22.9 Å². The largest absolute Gasteiger partial charge is 0.370 e. The van der Waals surface area contributed by atoms with Crippen molar-refractivity contribution in [2.24, 2.45) is 0 Å². The van der Waals surface area contributed by atoms with Gasteiger partial charge in [-0.2, -0.15) is 0 Å². The Morgan fingerprint density at radius 2 is 2.05 bits per heavy atom. The van der Waals surface area contributed by atoms with Gasteiger partial charge in [0.15, 0.2) is 0 Å². The zero-order valence-electron chi connectivity index (χ0n) is 11.6. The van der Waals surface area contributed by atoms with Crippen LogP contribution in [0.15, 0.2) is 29.6 Å². The van der Waals surface area contributed by atoms with Gasteiger partial charge in [0.1, 0.15) is 5.01 Å². The van der Waals surface area contributed by atoms with E-state index in [1.165, 1.54) is 0 Å². The Morgan fingerprint density at radius 1 is 1.25 bits per heavy atom. The summed E-state index contributed by atoms with van der Waals surface area (Å²) in [6.07, 6.45) is 1.14. The Bertz CT molecular complexity index is 513. The number of benzene rings is 1. The molecule has 1 aromatic carbocycles. The van der Waals surface area contributed by atoms with Crippen molar-refractivity contribution in [1.29, 1.82) is 0 Å². The number of rotatable bonds is 8. The molecule has 0 atom stereocenters. The van der Waals surface area contributed by atoms with E-state index in [1.807, 2.05) is 24.3 Å². The third-order valence-electron chi connectivity index (χ3n) is 2.73. The molecule has 0 aliphatic carbocycles. The predicted octanol–water partition coefficient (Wildman–Crippen LogP) is 4.01. The van der Waals surface area contributed by atoms with Gasteiger partial charge in [-0.05, 0) is 30.7 Å². The first kappa shape index (κ1) is 15.4. The third kappa shape index (κ3) is 5.21. The van der Waals surface area contributed by atoms with Crippen molar-refractivity contribution in [3.8, 4) is 0 Å². The minimum Gasteiger partial charge on any atom is -0.370 e. The first-order chi connectivity index (χ1) is 9.78. The van der Waals surface area contributed by atoms with Gasteiger partial charge in [-0.15, -0.1) is 11.3 Å². The van der Waals surface area contributed by atoms with Crippen LogP contribution in [-0.2, 0) is 24.5 Å². The quantitative estimate of drug-likeness (QED) is 0.748. The second kappa shape index (κ2) is 8.37. The number of nitrogens with zero attached hydrogens (tertiary/aromatic N) is 1.